The Morgan fingerprint density at radius 1 is 1.05 bits per heavy atom. The molecule has 0 saturated heterocycles. The van der Waals surface area contributed by atoms with E-state index in [1.54, 1.807) is 12.1 Å². The SMILES string of the molecule is [O-][NH+](O)/C(C=Nc1ccccc1)=C/Nc1ccccc1. The van der Waals surface area contributed by atoms with Crippen molar-refractivity contribution in [1.29, 1.82) is 0 Å². The van der Waals surface area contributed by atoms with Crippen molar-refractivity contribution in [3.05, 3.63) is 77.8 Å². The number of benzene rings is 2. The normalized spacial score (nSPS) is 13.4. The van der Waals surface area contributed by atoms with E-state index in [1.807, 2.05) is 48.5 Å². The van der Waals surface area contributed by atoms with Crippen LogP contribution in [0.1, 0.15) is 0 Å². The lowest BCUT2D eigenvalue weighted by Crippen LogP contribution is -3.03. The second kappa shape index (κ2) is 7.20. The molecule has 0 bridgehead atoms. The average molecular weight is 269 g/mol. The molecule has 0 amide bonds. The maximum absolute atomic E-state index is 11.1. The Hall–Kier alpha value is -2.47. The molecule has 2 aromatic rings. The Balaban J connectivity index is 2.09. The van der Waals surface area contributed by atoms with Gasteiger partial charge in [-0.05, 0) is 24.3 Å². The summed E-state index contributed by atoms with van der Waals surface area (Å²) in [7, 11) is 0. The van der Waals surface area contributed by atoms with E-state index >= 15 is 0 Å². The second-order valence-electron chi connectivity index (χ2n) is 4.01. The lowest BCUT2D eigenvalue weighted by molar-refractivity contribution is -1.01. The lowest BCUT2D eigenvalue weighted by atomic mass is 10.3. The van der Waals surface area contributed by atoms with E-state index in [9.17, 15) is 5.21 Å². The molecular weight excluding hydrogens is 254 g/mol. The van der Waals surface area contributed by atoms with Crippen LogP contribution in [0.2, 0.25) is 0 Å². The van der Waals surface area contributed by atoms with Crippen LogP contribution in [-0.2, 0) is 0 Å². The fourth-order valence-electron chi connectivity index (χ4n) is 1.51. The third-order valence-corrected chi connectivity index (χ3v) is 2.52. The van der Waals surface area contributed by atoms with Gasteiger partial charge < -0.3 is 10.5 Å². The molecule has 0 heterocycles. The number of hydrogen-bond acceptors (Lipinski definition) is 4. The first-order valence-electron chi connectivity index (χ1n) is 6.10. The van der Waals surface area contributed by atoms with Gasteiger partial charge in [0.25, 0.3) is 0 Å². The van der Waals surface area contributed by atoms with Crippen LogP contribution < -0.4 is 10.5 Å². The number of aliphatic imine (C=N–C) groups is 1. The van der Waals surface area contributed by atoms with E-state index in [-0.39, 0.29) is 5.70 Å². The van der Waals surface area contributed by atoms with E-state index in [2.05, 4.69) is 10.3 Å². The molecule has 0 saturated carbocycles. The number of quaternary nitrogens is 1. The van der Waals surface area contributed by atoms with Gasteiger partial charge in [0.2, 0.25) is 0 Å². The first-order valence-corrected chi connectivity index (χ1v) is 6.10. The Morgan fingerprint density at radius 2 is 1.65 bits per heavy atom. The molecule has 0 radical (unpaired) electrons. The number of rotatable bonds is 5. The number of anilines is 1. The number of nitrogens with zero attached hydrogens (tertiary/aromatic N) is 1. The number of hydroxylamine groups is 2. The fraction of sp³-hybridized carbons (Fsp3) is 0. The fourth-order valence-corrected chi connectivity index (χ4v) is 1.51. The van der Waals surface area contributed by atoms with Crippen LogP contribution in [0, 0.1) is 5.21 Å². The molecule has 1 atom stereocenters. The number of nitrogens with one attached hydrogen (secondary N) is 2. The molecule has 0 aliphatic rings. The predicted molar refractivity (Wildman–Crippen MR) is 78.9 cm³/mol. The monoisotopic (exact) mass is 269 g/mol. The Bertz CT molecular complexity index is 581. The molecule has 20 heavy (non-hydrogen) atoms. The maximum Gasteiger partial charge on any atom is 0.198 e. The standard InChI is InChI=1S/C15H15N3O2/c19-18(20)15(11-16-13-7-3-1-4-8-13)12-17-14-9-5-2-6-10-14/h1-12,16,18-19H/b15-11+,17-12?. The molecule has 0 fully saturated rings. The van der Waals surface area contributed by atoms with Gasteiger partial charge in [-0.15, -0.1) is 0 Å². The van der Waals surface area contributed by atoms with Crippen molar-refractivity contribution in [1.82, 2.24) is 0 Å². The minimum Gasteiger partial charge on any atom is -0.595 e. The van der Waals surface area contributed by atoms with E-state index in [4.69, 9.17) is 5.21 Å². The molecule has 0 spiro atoms. The molecule has 102 valence electrons. The van der Waals surface area contributed by atoms with Crippen molar-refractivity contribution in [3.63, 3.8) is 0 Å². The summed E-state index contributed by atoms with van der Waals surface area (Å²) in [5, 5.41) is 22.2. The highest BCUT2D eigenvalue weighted by Gasteiger charge is 2.01. The van der Waals surface area contributed by atoms with Gasteiger partial charge in [0.15, 0.2) is 5.70 Å². The van der Waals surface area contributed by atoms with Gasteiger partial charge in [-0.25, -0.2) is 5.21 Å². The topological polar surface area (TPSA) is 72.1 Å². The van der Waals surface area contributed by atoms with Crippen molar-refractivity contribution in [2.24, 2.45) is 4.99 Å². The lowest BCUT2D eigenvalue weighted by Gasteiger charge is -2.12. The number of hydrogen-bond donors (Lipinski definition) is 3. The van der Waals surface area contributed by atoms with Crippen molar-refractivity contribution in [2.45, 2.75) is 0 Å². The molecular formula is C15H15N3O2. The highest BCUT2D eigenvalue weighted by molar-refractivity contribution is 5.78. The van der Waals surface area contributed by atoms with Gasteiger partial charge in [-0.3, -0.25) is 4.99 Å². The van der Waals surface area contributed by atoms with Crippen LogP contribution in [0.3, 0.4) is 0 Å². The summed E-state index contributed by atoms with van der Waals surface area (Å²) in [6.45, 7) is 0. The van der Waals surface area contributed by atoms with Crippen molar-refractivity contribution in [2.75, 3.05) is 5.32 Å². The highest BCUT2D eigenvalue weighted by atomic mass is 16.8. The largest absolute Gasteiger partial charge is 0.595 e. The van der Waals surface area contributed by atoms with Gasteiger partial charge in [-0.2, -0.15) is 5.23 Å². The van der Waals surface area contributed by atoms with Crippen molar-refractivity contribution < 1.29 is 10.4 Å². The molecule has 0 aliphatic heterocycles. The zero-order valence-electron chi connectivity index (χ0n) is 10.7. The van der Waals surface area contributed by atoms with E-state index < -0.39 is 5.23 Å². The summed E-state index contributed by atoms with van der Waals surface area (Å²) < 4.78 is 0. The van der Waals surface area contributed by atoms with Crippen LogP contribution >= 0.6 is 0 Å². The molecule has 5 nitrogen and oxygen atoms in total. The first-order chi connectivity index (χ1) is 9.75. The van der Waals surface area contributed by atoms with E-state index in [0.29, 0.717) is 5.69 Å². The molecule has 2 rings (SSSR count). The van der Waals surface area contributed by atoms with Crippen LogP contribution in [0.5, 0.6) is 0 Å². The Morgan fingerprint density at radius 3 is 2.25 bits per heavy atom. The van der Waals surface area contributed by atoms with E-state index in [0.717, 1.165) is 5.69 Å². The number of para-hydroxylation sites is 2. The van der Waals surface area contributed by atoms with Crippen molar-refractivity contribution >= 4 is 17.6 Å². The van der Waals surface area contributed by atoms with Gasteiger partial charge in [0.05, 0.1) is 18.1 Å². The van der Waals surface area contributed by atoms with Crippen LogP contribution in [0.25, 0.3) is 0 Å². The Labute approximate surface area is 117 Å². The minimum atomic E-state index is -1.03. The van der Waals surface area contributed by atoms with Gasteiger partial charge in [0, 0.05) is 5.69 Å². The zero-order chi connectivity index (χ0) is 14.2. The summed E-state index contributed by atoms with van der Waals surface area (Å²) in [5.41, 5.74) is 1.61. The van der Waals surface area contributed by atoms with Gasteiger partial charge >= 0.3 is 0 Å². The van der Waals surface area contributed by atoms with Crippen LogP contribution in [0.15, 0.2) is 77.6 Å². The van der Waals surface area contributed by atoms with E-state index in [1.165, 1.54) is 12.4 Å². The number of allylic oxidation sites excluding steroid dienone is 1. The van der Waals surface area contributed by atoms with Crippen LogP contribution in [0.4, 0.5) is 11.4 Å². The molecule has 0 aliphatic carbocycles. The zero-order valence-corrected chi connectivity index (χ0v) is 10.7. The Kier molecular flexibility index (Phi) is 5.02. The first kappa shape index (κ1) is 14.0. The van der Waals surface area contributed by atoms with Crippen LogP contribution in [-0.4, -0.2) is 11.4 Å². The molecule has 3 N–H and O–H groups in total. The molecule has 1 unspecified atom stereocenters. The van der Waals surface area contributed by atoms with Gasteiger partial charge in [-0.1, -0.05) is 36.4 Å². The second-order valence-corrected chi connectivity index (χ2v) is 4.01. The summed E-state index contributed by atoms with van der Waals surface area (Å²) >= 11 is 0. The maximum atomic E-state index is 11.1. The third-order valence-electron chi connectivity index (χ3n) is 2.52. The summed E-state index contributed by atoms with van der Waals surface area (Å²) in [6.07, 6.45) is 2.75. The minimum absolute atomic E-state index is 0.0812. The quantitative estimate of drug-likeness (QED) is 0.575. The highest BCUT2D eigenvalue weighted by Crippen LogP contribution is 2.09. The molecule has 2 aromatic carbocycles. The molecule has 0 aromatic heterocycles. The third kappa shape index (κ3) is 4.33. The summed E-state index contributed by atoms with van der Waals surface area (Å²) in [6, 6.07) is 18.5. The summed E-state index contributed by atoms with van der Waals surface area (Å²) in [4.78, 5) is 4.13. The summed E-state index contributed by atoms with van der Waals surface area (Å²) in [5.74, 6) is 0. The predicted octanol–water partition coefficient (Wildman–Crippen LogP) is 2.11. The van der Waals surface area contributed by atoms with Gasteiger partial charge in [0.1, 0.15) is 0 Å². The molecule has 5 heteroatoms. The average Bonchev–Trinajstić information content (AvgIpc) is 2.49. The van der Waals surface area contributed by atoms with Crippen molar-refractivity contribution in [3.8, 4) is 0 Å². The smallest absolute Gasteiger partial charge is 0.198 e.